The Labute approximate surface area is 121 Å². The zero-order valence-electron chi connectivity index (χ0n) is 13.2. The van der Waals surface area contributed by atoms with Crippen LogP contribution in [0.1, 0.15) is 29.9 Å². The molecule has 1 aromatic rings. The van der Waals surface area contributed by atoms with E-state index in [2.05, 4.69) is 23.7 Å². The van der Waals surface area contributed by atoms with E-state index in [-0.39, 0.29) is 5.91 Å². The summed E-state index contributed by atoms with van der Waals surface area (Å²) in [5, 5.41) is 0. The molecule has 0 aliphatic heterocycles. The normalized spacial score (nSPS) is 11.2. The highest BCUT2D eigenvalue weighted by atomic mass is 16.2. The number of nitrogens with two attached hydrogens (primary N) is 1. The molecule has 0 spiro atoms. The number of pyridine rings is 1. The molecule has 0 aliphatic rings. The predicted octanol–water partition coefficient (Wildman–Crippen LogP) is 1.63. The summed E-state index contributed by atoms with van der Waals surface area (Å²) in [6.07, 6.45) is 1.58. The molecule has 0 bridgehead atoms. The number of carbonyl (C=O) groups excluding carboxylic acids is 1. The molecule has 2 N–H and O–H groups in total. The van der Waals surface area contributed by atoms with Crippen LogP contribution >= 0.6 is 0 Å². The molecular formula is C15H26N4O. The van der Waals surface area contributed by atoms with E-state index in [0.29, 0.717) is 23.7 Å². The highest BCUT2D eigenvalue weighted by Gasteiger charge is 2.19. The fourth-order valence-electron chi connectivity index (χ4n) is 1.97. The molecular weight excluding hydrogens is 252 g/mol. The Kier molecular flexibility index (Phi) is 5.95. The van der Waals surface area contributed by atoms with E-state index in [1.54, 1.807) is 12.3 Å². The van der Waals surface area contributed by atoms with Crippen LogP contribution in [0, 0.1) is 12.8 Å². The number of nitrogen functional groups attached to an aromatic ring is 1. The molecule has 0 saturated carbocycles. The predicted molar refractivity (Wildman–Crippen MR) is 82.7 cm³/mol. The van der Waals surface area contributed by atoms with Gasteiger partial charge in [0.15, 0.2) is 0 Å². The van der Waals surface area contributed by atoms with Crippen molar-refractivity contribution in [3.63, 3.8) is 0 Å². The molecule has 0 radical (unpaired) electrons. The van der Waals surface area contributed by atoms with Gasteiger partial charge in [-0.25, -0.2) is 0 Å². The first-order chi connectivity index (χ1) is 9.31. The van der Waals surface area contributed by atoms with E-state index in [1.807, 2.05) is 25.9 Å². The molecule has 1 aromatic heterocycles. The molecule has 1 heterocycles. The molecule has 5 heteroatoms. The number of likely N-dealkylation sites (N-methyl/N-ethyl adjacent to an activating group) is 1. The average molecular weight is 278 g/mol. The van der Waals surface area contributed by atoms with Crippen molar-refractivity contribution >= 4 is 11.6 Å². The number of rotatable bonds is 6. The van der Waals surface area contributed by atoms with Gasteiger partial charge in [-0.05, 0) is 33.0 Å². The monoisotopic (exact) mass is 278 g/mol. The number of aromatic nitrogens is 1. The second-order valence-corrected chi connectivity index (χ2v) is 5.85. The fraction of sp³-hybridized carbons (Fsp3) is 0.600. The molecule has 0 fully saturated rings. The number of amides is 1. The summed E-state index contributed by atoms with van der Waals surface area (Å²) in [4.78, 5) is 20.8. The van der Waals surface area contributed by atoms with Gasteiger partial charge in [-0.2, -0.15) is 0 Å². The lowest BCUT2D eigenvalue weighted by atomic mass is 10.1. The SMILES string of the molecule is Cc1ncc(N)cc1C(=O)N(CCN(C)C)CC(C)C. The Bertz CT molecular complexity index is 457. The van der Waals surface area contributed by atoms with Gasteiger partial charge in [-0.1, -0.05) is 13.8 Å². The number of hydrogen-bond acceptors (Lipinski definition) is 4. The molecule has 20 heavy (non-hydrogen) atoms. The molecule has 0 saturated heterocycles. The molecule has 0 aliphatic carbocycles. The van der Waals surface area contributed by atoms with Crippen LogP contribution in [0.4, 0.5) is 5.69 Å². The van der Waals surface area contributed by atoms with Gasteiger partial charge in [0, 0.05) is 19.6 Å². The maximum absolute atomic E-state index is 12.7. The average Bonchev–Trinajstić information content (AvgIpc) is 2.36. The first-order valence-corrected chi connectivity index (χ1v) is 6.97. The maximum Gasteiger partial charge on any atom is 0.255 e. The van der Waals surface area contributed by atoms with Crippen LogP contribution in [0.15, 0.2) is 12.3 Å². The Balaban J connectivity index is 2.93. The number of hydrogen-bond donors (Lipinski definition) is 1. The number of anilines is 1. The third kappa shape index (κ3) is 4.81. The van der Waals surface area contributed by atoms with Crippen LogP contribution in [0.3, 0.4) is 0 Å². The summed E-state index contributed by atoms with van der Waals surface area (Å²) in [6, 6.07) is 1.72. The lowest BCUT2D eigenvalue weighted by molar-refractivity contribution is 0.0723. The van der Waals surface area contributed by atoms with Crippen LogP contribution in [0.25, 0.3) is 0 Å². The minimum atomic E-state index is 0.0119. The standard InChI is InChI=1S/C15H26N4O/c1-11(2)10-19(7-6-18(4)5)15(20)14-8-13(16)9-17-12(14)3/h8-9,11H,6-7,10,16H2,1-5H3. The Morgan fingerprint density at radius 1 is 1.35 bits per heavy atom. The summed E-state index contributed by atoms with van der Waals surface area (Å²) in [6.45, 7) is 8.35. The molecule has 1 amide bonds. The largest absolute Gasteiger partial charge is 0.397 e. The highest BCUT2D eigenvalue weighted by molar-refractivity contribution is 5.96. The Hall–Kier alpha value is -1.62. The van der Waals surface area contributed by atoms with Crippen LogP contribution in [-0.4, -0.2) is 54.4 Å². The molecule has 0 aromatic carbocycles. The number of aryl methyl sites for hydroxylation is 1. The van der Waals surface area contributed by atoms with Crippen LogP contribution in [0.5, 0.6) is 0 Å². The fourth-order valence-corrected chi connectivity index (χ4v) is 1.97. The zero-order chi connectivity index (χ0) is 15.3. The van der Waals surface area contributed by atoms with Crippen molar-refractivity contribution in [1.29, 1.82) is 0 Å². The lowest BCUT2D eigenvalue weighted by Gasteiger charge is -2.26. The zero-order valence-corrected chi connectivity index (χ0v) is 13.2. The van der Waals surface area contributed by atoms with Crippen molar-refractivity contribution in [3.8, 4) is 0 Å². The number of nitrogens with zero attached hydrogens (tertiary/aromatic N) is 3. The number of carbonyl (C=O) groups is 1. The molecule has 0 atom stereocenters. The van der Waals surface area contributed by atoms with Crippen molar-refractivity contribution in [2.24, 2.45) is 5.92 Å². The molecule has 1 rings (SSSR count). The molecule has 0 unspecified atom stereocenters. The van der Waals surface area contributed by atoms with Crippen molar-refractivity contribution in [1.82, 2.24) is 14.8 Å². The van der Waals surface area contributed by atoms with Crippen LogP contribution in [-0.2, 0) is 0 Å². The van der Waals surface area contributed by atoms with Gasteiger partial charge in [0.1, 0.15) is 0 Å². The van der Waals surface area contributed by atoms with Gasteiger partial charge < -0.3 is 15.5 Å². The third-order valence-corrected chi connectivity index (χ3v) is 3.03. The minimum absolute atomic E-state index is 0.0119. The van der Waals surface area contributed by atoms with Gasteiger partial charge >= 0.3 is 0 Å². The van der Waals surface area contributed by atoms with E-state index in [9.17, 15) is 4.79 Å². The van der Waals surface area contributed by atoms with Gasteiger partial charge in [0.25, 0.3) is 5.91 Å². The summed E-state index contributed by atoms with van der Waals surface area (Å²) < 4.78 is 0. The van der Waals surface area contributed by atoms with E-state index in [0.717, 1.165) is 18.8 Å². The van der Waals surface area contributed by atoms with E-state index < -0.39 is 0 Å². The van der Waals surface area contributed by atoms with Crippen molar-refractivity contribution in [2.45, 2.75) is 20.8 Å². The van der Waals surface area contributed by atoms with E-state index >= 15 is 0 Å². The summed E-state index contributed by atoms with van der Waals surface area (Å²) in [7, 11) is 4.01. The second kappa shape index (κ2) is 7.24. The Morgan fingerprint density at radius 2 is 2.00 bits per heavy atom. The molecule has 5 nitrogen and oxygen atoms in total. The smallest absolute Gasteiger partial charge is 0.255 e. The van der Waals surface area contributed by atoms with Crippen molar-refractivity contribution in [3.05, 3.63) is 23.5 Å². The summed E-state index contributed by atoms with van der Waals surface area (Å²) in [5.41, 5.74) is 7.60. The topological polar surface area (TPSA) is 62.5 Å². The van der Waals surface area contributed by atoms with Gasteiger partial charge in [0.05, 0.1) is 23.1 Å². The van der Waals surface area contributed by atoms with Crippen molar-refractivity contribution < 1.29 is 4.79 Å². The first-order valence-electron chi connectivity index (χ1n) is 6.97. The van der Waals surface area contributed by atoms with Crippen LogP contribution < -0.4 is 5.73 Å². The van der Waals surface area contributed by atoms with Gasteiger partial charge in [-0.15, -0.1) is 0 Å². The van der Waals surface area contributed by atoms with Gasteiger partial charge in [-0.3, -0.25) is 9.78 Å². The third-order valence-electron chi connectivity index (χ3n) is 3.03. The van der Waals surface area contributed by atoms with Gasteiger partial charge in [0.2, 0.25) is 0 Å². The quantitative estimate of drug-likeness (QED) is 0.859. The maximum atomic E-state index is 12.7. The first kappa shape index (κ1) is 16.4. The van der Waals surface area contributed by atoms with Crippen LogP contribution in [0.2, 0.25) is 0 Å². The van der Waals surface area contributed by atoms with E-state index in [4.69, 9.17) is 5.73 Å². The second-order valence-electron chi connectivity index (χ2n) is 5.85. The summed E-state index contributed by atoms with van der Waals surface area (Å²) in [5.74, 6) is 0.438. The highest BCUT2D eigenvalue weighted by Crippen LogP contribution is 2.13. The van der Waals surface area contributed by atoms with Crippen molar-refractivity contribution in [2.75, 3.05) is 39.5 Å². The Morgan fingerprint density at radius 3 is 2.55 bits per heavy atom. The van der Waals surface area contributed by atoms with E-state index in [1.165, 1.54) is 0 Å². The lowest BCUT2D eigenvalue weighted by Crippen LogP contribution is -2.39. The summed E-state index contributed by atoms with van der Waals surface area (Å²) >= 11 is 0. The molecule has 112 valence electrons. The minimum Gasteiger partial charge on any atom is -0.397 e.